The maximum Gasteiger partial charge on any atom is 0.329 e. The summed E-state index contributed by atoms with van der Waals surface area (Å²) in [6.07, 6.45) is 3.76. The first-order valence-electron chi connectivity index (χ1n) is 9.98. The van der Waals surface area contributed by atoms with Crippen molar-refractivity contribution < 1.29 is 14.3 Å². The smallest absolute Gasteiger partial charge is 0.329 e. The average molecular weight is 467 g/mol. The largest absolute Gasteiger partial charge is 0.467 e. The summed E-state index contributed by atoms with van der Waals surface area (Å²) in [5, 5.41) is 12.0. The molecule has 5 unspecified atom stereocenters. The summed E-state index contributed by atoms with van der Waals surface area (Å²) in [5.74, 6) is 0.396. The van der Waals surface area contributed by atoms with E-state index in [1.807, 2.05) is 0 Å². The fraction of sp³-hybridized carbons (Fsp3) is 0.789. The molecule has 29 heavy (non-hydrogen) atoms. The Morgan fingerprint density at radius 1 is 1.28 bits per heavy atom. The van der Waals surface area contributed by atoms with E-state index in [1.54, 1.807) is 11.8 Å². The van der Waals surface area contributed by atoms with Crippen LogP contribution in [-0.2, 0) is 9.53 Å². The summed E-state index contributed by atoms with van der Waals surface area (Å²) in [6.45, 7) is 4.65. The molecule has 0 spiro atoms. The molecule has 1 fully saturated rings. The van der Waals surface area contributed by atoms with Crippen LogP contribution in [0.1, 0.15) is 39.5 Å². The lowest BCUT2D eigenvalue weighted by Gasteiger charge is -2.31. The molecule has 2 aliphatic rings. The molecule has 0 saturated heterocycles. The predicted octanol–water partition coefficient (Wildman–Crippen LogP) is 2.94. The van der Waals surface area contributed by atoms with Crippen molar-refractivity contribution >= 4 is 47.0 Å². The normalized spacial score (nSPS) is 28.1. The van der Waals surface area contributed by atoms with Crippen LogP contribution in [0.2, 0.25) is 0 Å². The van der Waals surface area contributed by atoms with Gasteiger partial charge in [-0.05, 0) is 31.6 Å². The number of rotatable bonds is 8. The minimum Gasteiger partial charge on any atom is -0.467 e. The van der Waals surface area contributed by atoms with E-state index in [2.05, 4.69) is 35.1 Å². The van der Waals surface area contributed by atoms with E-state index in [1.165, 1.54) is 24.8 Å². The first kappa shape index (κ1) is 24.4. The van der Waals surface area contributed by atoms with E-state index in [0.717, 1.165) is 25.7 Å². The molecule has 5 atom stereocenters. The van der Waals surface area contributed by atoms with Gasteiger partial charge in [-0.3, -0.25) is 5.32 Å². The second-order valence-corrected chi connectivity index (χ2v) is 10.1. The number of amides is 2. The van der Waals surface area contributed by atoms with Crippen LogP contribution in [-0.4, -0.2) is 55.0 Å². The van der Waals surface area contributed by atoms with Gasteiger partial charge >= 0.3 is 12.0 Å². The van der Waals surface area contributed by atoms with E-state index in [-0.39, 0.29) is 22.8 Å². The highest BCUT2D eigenvalue weighted by atomic mass is 35.5. The number of nitrogens with one attached hydrogen (secondary N) is 4. The monoisotopic (exact) mass is 466 g/mol. The molecule has 7 nitrogen and oxygen atoms in total. The fourth-order valence-corrected chi connectivity index (χ4v) is 5.56. The van der Waals surface area contributed by atoms with Crippen molar-refractivity contribution in [2.24, 2.45) is 11.8 Å². The molecule has 2 amide bonds. The number of hydrogen-bond acceptors (Lipinski definition) is 6. The molecular formula is C19H32Cl2N4O3S. The maximum atomic E-state index is 12.0. The molecule has 1 saturated carbocycles. The van der Waals surface area contributed by atoms with Gasteiger partial charge in [-0.1, -0.05) is 25.6 Å². The number of alkyl halides is 2. The quantitative estimate of drug-likeness (QED) is 0.324. The minimum absolute atomic E-state index is 0.0255. The Labute approximate surface area is 187 Å². The number of hydrogen-bond donors (Lipinski definition) is 4. The molecular weight excluding hydrogens is 435 g/mol. The van der Waals surface area contributed by atoms with Crippen LogP contribution in [0.25, 0.3) is 0 Å². The predicted molar refractivity (Wildman–Crippen MR) is 119 cm³/mol. The van der Waals surface area contributed by atoms with Gasteiger partial charge in [0, 0.05) is 35.5 Å². The van der Waals surface area contributed by atoms with E-state index in [9.17, 15) is 9.59 Å². The van der Waals surface area contributed by atoms with Gasteiger partial charge in [-0.25, -0.2) is 9.59 Å². The molecule has 0 aromatic rings. The second-order valence-electron chi connectivity index (χ2n) is 7.83. The number of thioether (sulfide) groups is 1. The summed E-state index contributed by atoms with van der Waals surface area (Å²) in [5.41, 5.74) is 1.16. The van der Waals surface area contributed by atoms with Crippen molar-refractivity contribution in [3.8, 4) is 0 Å². The number of carbonyl (C=O) groups excluding carboxylic acids is 2. The number of allylic oxidation sites excluding steroid dienone is 2. The first-order chi connectivity index (χ1) is 13.7. The van der Waals surface area contributed by atoms with Crippen LogP contribution in [0.5, 0.6) is 0 Å². The average Bonchev–Trinajstić information content (AvgIpc) is 3.08. The van der Waals surface area contributed by atoms with Gasteiger partial charge in [0.1, 0.15) is 11.5 Å². The van der Waals surface area contributed by atoms with Gasteiger partial charge in [-0.2, -0.15) is 0 Å². The number of halogens is 2. The number of urea groups is 1. The van der Waals surface area contributed by atoms with Gasteiger partial charge in [0.15, 0.2) is 0 Å². The zero-order chi connectivity index (χ0) is 21.6. The maximum absolute atomic E-state index is 12.0. The highest BCUT2D eigenvalue weighted by molar-refractivity contribution is 8.03. The number of carbonyl (C=O) groups is 2. The van der Waals surface area contributed by atoms with Crippen molar-refractivity contribution in [2.45, 2.75) is 61.8 Å². The Balaban J connectivity index is 2.01. The molecule has 2 rings (SSSR count). The summed E-state index contributed by atoms with van der Waals surface area (Å²) in [6, 6.07) is -1.21. The number of methoxy groups -OCH3 is 1. The fourth-order valence-electron chi connectivity index (χ4n) is 3.56. The van der Waals surface area contributed by atoms with Crippen molar-refractivity contribution in [1.82, 2.24) is 21.3 Å². The Hall–Kier alpha value is -0.830. The third-order valence-corrected chi connectivity index (χ3v) is 7.39. The number of ether oxygens (including phenoxy) is 1. The van der Waals surface area contributed by atoms with Crippen LogP contribution in [0, 0.1) is 11.8 Å². The summed E-state index contributed by atoms with van der Waals surface area (Å²) >= 11 is 14.5. The van der Waals surface area contributed by atoms with Crippen LogP contribution < -0.4 is 21.3 Å². The van der Waals surface area contributed by atoms with E-state index in [4.69, 9.17) is 27.9 Å². The minimum atomic E-state index is -0.779. The van der Waals surface area contributed by atoms with Crippen molar-refractivity contribution in [3.05, 3.63) is 10.6 Å². The van der Waals surface area contributed by atoms with Gasteiger partial charge < -0.3 is 20.7 Å². The molecule has 1 aliphatic heterocycles. The van der Waals surface area contributed by atoms with Gasteiger partial charge in [-0.15, -0.1) is 23.2 Å². The molecule has 0 aromatic carbocycles. The molecule has 0 bridgehead atoms. The zero-order valence-corrected chi connectivity index (χ0v) is 19.7. The first-order valence-corrected chi connectivity index (χ1v) is 11.7. The standard InChI is InChI=1S/C19H32Cl2N4O3S/c1-10(2)7-15-16(11-5-6-12(20)13(21)8-11)25-19(29-15)23-9-14(17(26)28-4)24-18(27)22-3/h10-14,19,23,25H,5-9H2,1-4H3,(H2,22,24,27). The van der Waals surface area contributed by atoms with Gasteiger partial charge in [0.2, 0.25) is 0 Å². The summed E-state index contributed by atoms with van der Waals surface area (Å²) < 4.78 is 4.80. The molecule has 1 aliphatic carbocycles. The second kappa shape index (κ2) is 11.5. The van der Waals surface area contributed by atoms with Crippen molar-refractivity contribution in [2.75, 3.05) is 20.7 Å². The summed E-state index contributed by atoms with van der Waals surface area (Å²) in [4.78, 5) is 24.9. The third-order valence-electron chi connectivity index (χ3n) is 5.07. The van der Waals surface area contributed by atoms with E-state index < -0.39 is 18.0 Å². The number of esters is 1. The molecule has 0 radical (unpaired) electrons. The Morgan fingerprint density at radius 3 is 2.59 bits per heavy atom. The van der Waals surface area contributed by atoms with Gasteiger partial charge in [0.05, 0.1) is 12.5 Å². The van der Waals surface area contributed by atoms with Crippen LogP contribution in [0.3, 0.4) is 0 Å². The Kier molecular flexibility index (Phi) is 9.72. The molecule has 1 heterocycles. The third kappa shape index (κ3) is 7.12. The van der Waals surface area contributed by atoms with Crippen LogP contribution >= 0.6 is 35.0 Å². The van der Waals surface area contributed by atoms with Crippen molar-refractivity contribution in [3.63, 3.8) is 0 Å². The highest BCUT2D eigenvalue weighted by Crippen LogP contribution is 2.42. The Morgan fingerprint density at radius 2 is 2.00 bits per heavy atom. The van der Waals surface area contributed by atoms with E-state index in [0.29, 0.717) is 11.8 Å². The summed E-state index contributed by atoms with van der Waals surface area (Å²) in [7, 11) is 2.80. The highest BCUT2D eigenvalue weighted by Gasteiger charge is 2.35. The Bertz CT molecular complexity index is 620. The van der Waals surface area contributed by atoms with Crippen LogP contribution in [0.4, 0.5) is 4.79 Å². The van der Waals surface area contributed by atoms with Crippen LogP contribution in [0.15, 0.2) is 10.6 Å². The molecule has 10 heteroatoms. The molecule has 0 aromatic heterocycles. The SMILES string of the molecule is CNC(=O)NC(CNC1NC(C2CCC(Cl)C(Cl)C2)=C(CC(C)C)S1)C(=O)OC. The molecule has 166 valence electrons. The topological polar surface area (TPSA) is 91.5 Å². The lowest BCUT2D eigenvalue weighted by Crippen LogP contribution is -2.52. The van der Waals surface area contributed by atoms with Crippen molar-refractivity contribution in [1.29, 1.82) is 0 Å². The lowest BCUT2D eigenvalue weighted by atomic mass is 9.85. The van der Waals surface area contributed by atoms with E-state index >= 15 is 0 Å². The molecule has 4 N–H and O–H groups in total. The zero-order valence-electron chi connectivity index (χ0n) is 17.4. The van der Waals surface area contributed by atoms with Gasteiger partial charge in [0.25, 0.3) is 0 Å². The lowest BCUT2D eigenvalue weighted by molar-refractivity contribution is -0.142.